The first-order chi connectivity index (χ1) is 9.86. The highest BCUT2D eigenvalue weighted by molar-refractivity contribution is 5.79. The lowest BCUT2D eigenvalue weighted by molar-refractivity contribution is 0.680. The van der Waals surface area contributed by atoms with Crippen LogP contribution in [0, 0.1) is 5.92 Å². The molecule has 1 saturated carbocycles. The number of aromatic nitrogens is 3. The van der Waals surface area contributed by atoms with Crippen molar-refractivity contribution in [2.75, 3.05) is 13.6 Å². The van der Waals surface area contributed by atoms with Gasteiger partial charge in [0.2, 0.25) is 0 Å². The SMILES string of the molecule is CN=C(NCCC1CC1)NCc1nnc2ccccn12. The Hall–Kier alpha value is -2.11. The molecule has 2 heterocycles. The molecule has 6 nitrogen and oxygen atoms in total. The van der Waals surface area contributed by atoms with E-state index in [9.17, 15) is 0 Å². The molecular formula is C14H20N6. The van der Waals surface area contributed by atoms with E-state index >= 15 is 0 Å². The van der Waals surface area contributed by atoms with Crippen LogP contribution in [0.1, 0.15) is 25.1 Å². The molecule has 1 fully saturated rings. The molecule has 0 bridgehead atoms. The van der Waals surface area contributed by atoms with Crippen molar-refractivity contribution in [1.29, 1.82) is 0 Å². The van der Waals surface area contributed by atoms with E-state index in [1.54, 1.807) is 7.05 Å². The number of fused-ring (bicyclic) bond motifs is 1. The lowest BCUT2D eigenvalue weighted by Gasteiger charge is -2.10. The molecule has 0 aliphatic heterocycles. The third-order valence-corrected chi connectivity index (χ3v) is 3.56. The minimum atomic E-state index is 0.605. The van der Waals surface area contributed by atoms with Crippen molar-refractivity contribution in [1.82, 2.24) is 25.2 Å². The fourth-order valence-electron chi connectivity index (χ4n) is 2.20. The van der Waals surface area contributed by atoms with Crippen LogP contribution < -0.4 is 10.6 Å². The van der Waals surface area contributed by atoms with Crippen molar-refractivity contribution >= 4 is 11.6 Å². The van der Waals surface area contributed by atoms with Crippen LogP contribution in [0.4, 0.5) is 0 Å². The third-order valence-electron chi connectivity index (χ3n) is 3.56. The van der Waals surface area contributed by atoms with E-state index in [1.807, 2.05) is 28.8 Å². The van der Waals surface area contributed by atoms with Gasteiger partial charge in [0, 0.05) is 19.8 Å². The van der Waals surface area contributed by atoms with Crippen molar-refractivity contribution in [3.05, 3.63) is 30.2 Å². The first-order valence-electron chi connectivity index (χ1n) is 7.10. The molecular weight excluding hydrogens is 252 g/mol. The van der Waals surface area contributed by atoms with Crippen LogP contribution in [0.25, 0.3) is 5.65 Å². The minimum Gasteiger partial charge on any atom is -0.356 e. The van der Waals surface area contributed by atoms with Crippen molar-refractivity contribution in [2.24, 2.45) is 10.9 Å². The number of hydrogen-bond acceptors (Lipinski definition) is 3. The van der Waals surface area contributed by atoms with Gasteiger partial charge in [-0.15, -0.1) is 10.2 Å². The highest BCUT2D eigenvalue weighted by atomic mass is 15.3. The average Bonchev–Trinajstić information content (AvgIpc) is 3.22. The van der Waals surface area contributed by atoms with Crippen LogP contribution in [-0.4, -0.2) is 34.2 Å². The maximum atomic E-state index is 4.22. The van der Waals surface area contributed by atoms with Crippen molar-refractivity contribution in [3.63, 3.8) is 0 Å². The Kier molecular flexibility index (Phi) is 3.80. The van der Waals surface area contributed by atoms with Crippen LogP contribution in [0.3, 0.4) is 0 Å². The number of nitrogens with one attached hydrogen (secondary N) is 2. The van der Waals surface area contributed by atoms with Gasteiger partial charge in [-0.2, -0.15) is 0 Å². The second kappa shape index (κ2) is 5.90. The van der Waals surface area contributed by atoms with Gasteiger partial charge >= 0.3 is 0 Å². The Balaban J connectivity index is 1.54. The average molecular weight is 272 g/mol. The monoisotopic (exact) mass is 272 g/mol. The van der Waals surface area contributed by atoms with Crippen LogP contribution in [0.5, 0.6) is 0 Å². The molecule has 106 valence electrons. The Labute approximate surface area is 118 Å². The summed E-state index contributed by atoms with van der Waals surface area (Å²) in [5.41, 5.74) is 0.862. The van der Waals surface area contributed by atoms with Crippen molar-refractivity contribution in [2.45, 2.75) is 25.8 Å². The molecule has 0 radical (unpaired) electrons. The van der Waals surface area contributed by atoms with Gasteiger partial charge in [0.1, 0.15) is 0 Å². The second-order valence-electron chi connectivity index (χ2n) is 5.13. The summed E-state index contributed by atoms with van der Waals surface area (Å²) in [5, 5.41) is 14.9. The fourth-order valence-corrected chi connectivity index (χ4v) is 2.20. The summed E-state index contributed by atoms with van der Waals surface area (Å²) in [7, 11) is 1.79. The Morgan fingerprint density at radius 3 is 3.05 bits per heavy atom. The van der Waals surface area contributed by atoms with E-state index in [1.165, 1.54) is 19.3 Å². The Morgan fingerprint density at radius 2 is 2.25 bits per heavy atom. The summed E-state index contributed by atoms with van der Waals surface area (Å²) in [6.07, 6.45) is 5.98. The third kappa shape index (κ3) is 3.07. The zero-order valence-corrected chi connectivity index (χ0v) is 11.7. The Bertz CT molecular complexity index is 598. The smallest absolute Gasteiger partial charge is 0.191 e. The van der Waals surface area contributed by atoms with Gasteiger partial charge < -0.3 is 10.6 Å². The Morgan fingerprint density at radius 1 is 1.35 bits per heavy atom. The summed E-state index contributed by atoms with van der Waals surface area (Å²) < 4.78 is 1.98. The molecule has 2 aromatic heterocycles. The molecule has 0 unspecified atom stereocenters. The summed E-state index contributed by atoms with van der Waals surface area (Å²) in [5.74, 6) is 2.63. The van der Waals surface area contributed by atoms with Gasteiger partial charge in [-0.1, -0.05) is 18.9 Å². The predicted octanol–water partition coefficient (Wildman–Crippen LogP) is 1.19. The highest BCUT2D eigenvalue weighted by Crippen LogP contribution is 2.31. The summed E-state index contributed by atoms with van der Waals surface area (Å²) in [4.78, 5) is 4.22. The van der Waals surface area contributed by atoms with E-state index in [2.05, 4.69) is 25.8 Å². The highest BCUT2D eigenvalue weighted by Gasteiger charge is 2.20. The van der Waals surface area contributed by atoms with E-state index < -0.39 is 0 Å². The molecule has 1 aliphatic carbocycles. The van der Waals surface area contributed by atoms with Crippen LogP contribution in [0.15, 0.2) is 29.4 Å². The number of guanidine groups is 1. The second-order valence-corrected chi connectivity index (χ2v) is 5.13. The molecule has 2 N–H and O–H groups in total. The van der Waals surface area contributed by atoms with E-state index in [0.717, 1.165) is 29.9 Å². The van der Waals surface area contributed by atoms with Crippen LogP contribution >= 0.6 is 0 Å². The van der Waals surface area contributed by atoms with E-state index in [4.69, 9.17) is 0 Å². The maximum absolute atomic E-state index is 4.22. The number of pyridine rings is 1. The van der Waals surface area contributed by atoms with Crippen LogP contribution in [-0.2, 0) is 6.54 Å². The van der Waals surface area contributed by atoms with Gasteiger partial charge in [-0.05, 0) is 24.5 Å². The quantitative estimate of drug-likeness (QED) is 0.634. The molecule has 3 rings (SSSR count). The van der Waals surface area contributed by atoms with Gasteiger partial charge in [-0.3, -0.25) is 9.39 Å². The van der Waals surface area contributed by atoms with Gasteiger partial charge in [0.25, 0.3) is 0 Å². The minimum absolute atomic E-state index is 0.605. The lowest BCUT2D eigenvalue weighted by Crippen LogP contribution is -2.37. The number of nitrogens with zero attached hydrogens (tertiary/aromatic N) is 4. The zero-order chi connectivity index (χ0) is 13.8. The topological polar surface area (TPSA) is 66.6 Å². The number of aliphatic imine (C=N–C) groups is 1. The maximum Gasteiger partial charge on any atom is 0.191 e. The molecule has 20 heavy (non-hydrogen) atoms. The summed E-state index contributed by atoms with van der Waals surface area (Å²) in [6, 6.07) is 5.88. The molecule has 0 amide bonds. The molecule has 0 aromatic carbocycles. The van der Waals surface area contributed by atoms with Crippen molar-refractivity contribution < 1.29 is 0 Å². The normalized spacial score (nSPS) is 15.6. The first kappa shape index (κ1) is 12.9. The molecule has 2 aromatic rings. The zero-order valence-electron chi connectivity index (χ0n) is 11.7. The van der Waals surface area contributed by atoms with Crippen molar-refractivity contribution in [3.8, 4) is 0 Å². The molecule has 0 atom stereocenters. The lowest BCUT2D eigenvalue weighted by atomic mass is 10.3. The molecule has 1 aliphatic rings. The summed E-state index contributed by atoms with van der Waals surface area (Å²) >= 11 is 0. The van der Waals surface area contributed by atoms with Gasteiger partial charge in [0.05, 0.1) is 6.54 Å². The van der Waals surface area contributed by atoms with Gasteiger partial charge in [0.15, 0.2) is 17.4 Å². The molecule has 6 heteroatoms. The predicted molar refractivity (Wildman–Crippen MR) is 78.5 cm³/mol. The van der Waals surface area contributed by atoms with E-state index in [-0.39, 0.29) is 0 Å². The summed E-state index contributed by atoms with van der Waals surface area (Å²) in [6.45, 7) is 1.58. The standard InChI is InChI=1S/C14H20N6/c1-15-14(16-8-7-11-5-6-11)17-10-13-19-18-12-4-2-3-9-20(12)13/h2-4,9,11H,5-8,10H2,1H3,(H2,15,16,17). The first-order valence-corrected chi connectivity index (χ1v) is 7.10. The molecule has 0 spiro atoms. The van der Waals surface area contributed by atoms with E-state index in [0.29, 0.717) is 6.54 Å². The molecule has 0 saturated heterocycles. The number of rotatable bonds is 5. The fraction of sp³-hybridized carbons (Fsp3) is 0.500. The number of hydrogen-bond donors (Lipinski definition) is 2. The van der Waals surface area contributed by atoms with Crippen LogP contribution in [0.2, 0.25) is 0 Å². The van der Waals surface area contributed by atoms with Gasteiger partial charge in [-0.25, -0.2) is 0 Å². The largest absolute Gasteiger partial charge is 0.356 e.